The molecule has 2 heterocycles. The predicted octanol–water partition coefficient (Wildman–Crippen LogP) is 0.328. The van der Waals surface area contributed by atoms with Gasteiger partial charge < -0.3 is 4.74 Å². The lowest BCUT2D eigenvalue weighted by molar-refractivity contribution is 0.0591. The summed E-state index contributed by atoms with van der Waals surface area (Å²) in [5.41, 5.74) is 0.963. The zero-order valence-corrected chi connectivity index (χ0v) is 7.88. The number of aldehydes is 1. The monoisotopic (exact) mass is 205 g/mol. The van der Waals surface area contributed by atoms with Crippen LogP contribution in [0.4, 0.5) is 0 Å². The Balaban J connectivity index is 2.73. The normalized spacial score (nSPS) is 10.2. The molecule has 0 aliphatic carbocycles. The standard InChI is InChI=1S/C9H7N3O3/c1-15-9(14)7-2-6(4-13)3-8-10-5-11-12(7)8/h2-5H,1H3. The molecule has 0 saturated heterocycles. The third-order valence-electron chi connectivity index (χ3n) is 1.93. The molecule has 2 aromatic heterocycles. The summed E-state index contributed by atoms with van der Waals surface area (Å²) in [6.07, 6.45) is 1.94. The van der Waals surface area contributed by atoms with Gasteiger partial charge in [0.15, 0.2) is 11.3 Å². The van der Waals surface area contributed by atoms with Crippen molar-refractivity contribution in [2.24, 2.45) is 0 Å². The van der Waals surface area contributed by atoms with Gasteiger partial charge in [-0.1, -0.05) is 0 Å². The maximum atomic E-state index is 11.4. The second kappa shape index (κ2) is 3.49. The van der Waals surface area contributed by atoms with Gasteiger partial charge in [0, 0.05) is 5.56 Å². The molecular weight excluding hydrogens is 198 g/mol. The Morgan fingerprint density at radius 1 is 1.53 bits per heavy atom. The fraction of sp³-hybridized carbons (Fsp3) is 0.111. The van der Waals surface area contributed by atoms with Crippen LogP contribution in [-0.4, -0.2) is 34.0 Å². The van der Waals surface area contributed by atoms with E-state index in [9.17, 15) is 9.59 Å². The lowest BCUT2D eigenvalue weighted by Gasteiger charge is -2.02. The fourth-order valence-electron chi connectivity index (χ4n) is 1.26. The highest BCUT2D eigenvalue weighted by atomic mass is 16.5. The Kier molecular flexibility index (Phi) is 2.17. The molecule has 15 heavy (non-hydrogen) atoms. The van der Waals surface area contributed by atoms with E-state index in [1.165, 1.54) is 30.1 Å². The van der Waals surface area contributed by atoms with E-state index in [0.717, 1.165) is 0 Å². The maximum Gasteiger partial charge on any atom is 0.356 e. The Hall–Kier alpha value is -2.24. The van der Waals surface area contributed by atoms with Gasteiger partial charge in [-0.3, -0.25) is 4.79 Å². The first-order valence-electron chi connectivity index (χ1n) is 4.13. The number of aromatic nitrogens is 3. The molecule has 2 rings (SSSR count). The summed E-state index contributed by atoms with van der Waals surface area (Å²) in [5.74, 6) is -0.561. The molecule has 0 aliphatic heterocycles. The van der Waals surface area contributed by atoms with Crippen LogP contribution in [-0.2, 0) is 4.74 Å². The van der Waals surface area contributed by atoms with Crippen molar-refractivity contribution in [2.75, 3.05) is 7.11 Å². The molecule has 0 atom stereocenters. The van der Waals surface area contributed by atoms with Crippen molar-refractivity contribution < 1.29 is 14.3 Å². The number of carbonyl (C=O) groups excluding carboxylic acids is 2. The van der Waals surface area contributed by atoms with Gasteiger partial charge in [0.1, 0.15) is 12.6 Å². The Morgan fingerprint density at radius 3 is 3.00 bits per heavy atom. The summed E-state index contributed by atoms with van der Waals surface area (Å²) in [7, 11) is 1.26. The molecule has 0 radical (unpaired) electrons. The van der Waals surface area contributed by atoms with E-state index in [-0.39, 0.29) is 5.69 Å². The van der Waals surface area contributed by atoms with E-state index in [2.05, 4.69) is 14.8 Å². The molecule has 76 valence electrons. The van der Waals surface area contributed by atoms with Crippen LogP contribution in [0, 0.1) is 0 Å². The number of carbonyl (C=O) groups is 2. The Morgan fingerprint density at radius 2 is 2.33 bits per heavy atom. The van der Waals surface area contributed by atoms with Crippen molar-refractivity contribution in [2.45, 2.75) is 0 Å². The molecule has 0 N–H and O–H groups in total. The molecule has 0 bridgehead atoms. The minimum absolute atomic E-state index is 0.176. The van der Waals surface area contributed by atoms with Gasteiger partial charge in [0.2, 0.25) is 0 Å². The zero-order valence-electron chi connectivity index (χ0n) is 7.88. The summed E-state index contributed by atoms with van der Waals surface area (Å²) in [6, 6.07) is 2.94. The van der Waals surface area contributed by atoms with Crippen LogP contribution in [0.15, 0.2) is 18.5 Å². The van der Waals surface area contributed by atoms with Crippen molar-refractivity contribution in [3.63, 3.8) is 0 Å². The summed E-state index contributed by atoms with van der Waals surface area (Å²) in [5, 5.41) is 3.85. The predicted molar refractivity (Wildman–Crippen MR) is 49.7 cm³/mol. The second-order valence-corrected chi connectivity index (χ2v) is 2.81. The van der Waals surface area contributed by atoms with Crippen molar-refractivity contribution in [1.82, 2.24) is 14.6 Å². The van der Waals surface area contributed by atoms with Crippen LogP contribution >= 0.6 is 0 Å². The molecule has 0 saturated carbocycles. The van der Waals surface area contributed by atoms with E-state index in [1.807, 2.05) is 0 Å². The molecule has 0 amide bonds. The van der Waals surface area contributed by atoms with Crippen LogP contribution in [0.1, 0.15) is 20.8 Å². The van der Waals surface area contributed by atoms with E-state index in [4.69, 9.17) is 0 Å². The van der Waals surface area contributed by atoms with Gasteiger partial charge in [0.05, 0.1) is 7.11 Å². The van der Waals surface area contributed by atoms with Crippen LogP contribution in [0.3, 0.4) is 0 Å². The van der Waals surface area contributed by atoms with E-state index < -0.39 is 5.97 Å². The number of ether oxygens (including phenoxy) is 1. The van der Waals surface area contributed by atoms with Crippen LogP contribution in [0.2, 0.25) is 0 Å². The minimum atomic E-state index is -0.561. The van der Waals surface area contributed by atoms with Gasteiger partial charge in [-0.05, 0) is 12.1 Å². The number of methoxy groups -OCH3 is 1. The van der Waals surface area contributed by atoms with Gasteiger partial charge in [-0.15, -0.1) is 0 Å². The summed E-state index contributed by atoms with van der Waals surface area (Å²) >= 11 is 0. The van der Waals surface area contributed by atoms with Gasteiger partial charge >= 0.3 is 5.97 Å². The van der Waals surface area contributed by atoms with E-state index in [0.29, 0.717) is 17.5 Å². The van der Waals surface area contributed by atoms with Crippen LogP contribution < -0.4 is 0 Å². The molecule has 0 fully saturated rings. The quantitative estimate of drug-likeness (QED) is 0.521. The average Bonchev–Trinajstić information content (AvgIpc) is 2.74. The second-order valence-electron chi connectivity index (χ2n) is 2.81. The number of hydrogen-bond donors (Lipinski definition) is 0. The average molecular weight is 205 g/mol. The highest BCUT2D eigenvalue weighted by molar-refractivity contribution is 5.91. The Bertz CT molecular complexity index is 532. The van der Waals surface area contributed by atoms with Crippen LogP contribution in [0.5, 0.6) is 0 Å². The molecule has 2 aromatic rings. The first-order chi connectivity index (χ1) is 7.26. The first-order valence-corrected chi connectivity index (χ1v) is 4.13. The third kappa shape index (κ3) is 1.45. The molecule has 0 aliphatic rings. The molecule has 0 spiro atoms. The van der Waals surface area contributed by atoms with Gasteiger partial charge in [0.25, 0.3) is 0 Å². The Labute approximate surface area is 84.5 Å². The molecule has 6 heteroatoms. The SMILES string of the molecule is COC(=O)c1cc(C=O)cc2ncnn12. The largest absolute Gasteiger partial charge is 0.464 e. The number of nitrogens with zero attached hydrogens (tertiary/aromatic N) is 3. The molecular formula is C9H7N3O3. The van der Waals surface area contributed by atoms with Crippen molar-refractivity contribution in [3.8, 4) is 0 Å². The maximum absolute atomic E-state index is 11.4. The molecule has 0 unspecified atom stereocenters. The summed E-state index contributed by atoms with van der Waals surface area (Å²) in [6.45, 7) is 0. The number of hydrogen-bond acceptors (Lipinski definition) is 5. The molecule has 6 nitrogen and oxygen atoms in total. The topological polar surface area (TPSA) is 73.6 Å². The summed E-state index contributed by atoms with van der Waals surface area (Å²) < 4.78 is 5.89. The zero-order chi connectivity index (χ0) is 10.8. The van der Waals surface area contributed by atoms with Crippen molar-refractivity contribution >= 4 is 17.9 Å². The van der Waals surface area contributed by atoms with E-state index >= 15 is 0 Å². The van der Waals surface area contributed by atoms with Gasteiger partial charge in [-0.2, -0.15) is 5.10 Å². The number of rotatable bonds is 2. The first kappa shape index (κ1) is 9.32. The van der Waals surface area contributed by atoms with Gasteiger partial charge in [-0.25, -0.2) is 14.3 Å². The number of fused-ring (bicyclic) bond motifs is 1. The number of esters is 1. The smallest absolute Gasteiger partial charge is 0.356 e. The minimum Gasteiger partial charge on any atom is -0.464 e. The fourth-order valence-corrected chi connectivity index (χ4v) is 1.26. The van der Waals surface area contributed by atoms with E-state index in [1.54, 1.807) is 0 Å². The number of pyridine rings is 1. The summed E-state index contributed by atoms with van der Waals surface area (Å²) in [4.78, 5) is 25.9. The lowest BCUT2D eigenvalue weighted by Crippen LogP contribution is -2.09. The van der Waals surface area contributed by atoms with Crippen LogP contribution in [0.25, 0.3) is 5.65 Å². The van der Waals surface area contributed by atoms with Crippen molar-refractivity contribution in [1.29, 1.82) is 0 Å². The highest BCUT2D eigenvalue weighted by Crippen LogP contribution is 2.08. The third-order valence-corrected chi connectivity index (χ3v) is 1.93. The highest BCUT2D eigenvalue weighted by Gasteiger charge is 2.13. The molecule has 0 aromatic carbocycles. The lowest BCUT2D eigenvalue weighted by atomic mass is 10.2. The van der Waals surface area contributed by atoms with Crippen molar-refractivity contribution in [3.05, 3.63) is 29.7 Å².